The van der Waals surface area contributed by atoms with Gasteiger partial charge in [0.2, 0.25) is 0 Å². The Morgan fingerprint density at radius 1 is 1.62 bits per heavy atom. The number of carbonyl (C=O) groups is 1. The molecule has 4 heteroatoms. The fourth-order valence-corrected chi connectivity index (χ4v) is 1.41. The van der Waals surface area contributed by atoms with E-state index in [4.69, 9.17) is 4.74 Å². The minimum absolute atomic E-state index is 0.235. The van der Waals surface area contributed by atoms with Gasteiger partial charge in [-0.15, -0.1) is 0 Å². The molecule has 4 nitrogen and oxygen atoms in total. The number of rotatable bonds is 1. The van der Waals surface area contributed by atoms with Gasteiger partial charge in [-0.05, 0) is 26.2 Å². The van der Waals surface area contributed by atoms with E-state index in [2.05, 4.69) is 4.98 Å². The topological polar surface area (TPSA) is 44.1 Å². The van der Waals surface area contributed by atoms with Gasteiger partial charge in [0.15, 0.2) is 0 Å². The smallest absolute Gasteiger partial charge is 0.419 e. The van der Waals surface area contributed by atoms with Crippen molar-refractivity contribution in [3.05, 3.63) is 18.7 Å². The van der Waals surface area contributed by atoms with Crippen LogP contribution in [0.15, 0.2) is 18.7 Å². The van der Waals surface area contributed by atoms with Crippen LogP contribution < -0.4 is 0 Å². The molecule has 1 aliphatic carbocycles. The van der Waals surface area contributed by atoms with E-state index in [0.29, 0.717) is 0 Å². The maximum absolute atomic E-state index is 11.4. The predicted molar refractivity (Wildman–Crippen MR) is 46.4 cm³/mol. The molecule has 13 heavy (non-hydrogen) atoms. The summed E-state index contributed by atoms with van der Waals surface area (Å²) < 4.78 is 6.65. The van der Waals surface area contributed by atoms with Crippen molar-refractivity contribution in [1.29, 1.82) is 0 Å². The standard InChI is InChI=1S/C9H12N2O2/c1-9(3-2-4-9)13-8(12)11-6-5-10-7-11/h5-7H,2-4H2,1H3. The average Bonchev–Trinajstić information content (AvgIpc) is 2.53. The van der Waals surface area contributed by atoms with Gasteiger partial charge in [0.25, 0.3) is 0 Å². The van der Waals surface area contributed by atoms with Crippen LogP contribution in [0.2, 0.25) is 0 Å². The molecule has 70 valence electrons. The molecule has 1 aromatic heterocycles. The van der Waals surface area contributed by atoms with Crippen LogP contribution in [0.3, 0.4) is 0 Å². The Bertz CT molecular complexity index is 301. The zero-order valence-electron chi connectivity index (χ0n) is 7.56. The van der Waals surface area contributed by atoms with Crippen molar-refractivity contribution in [1.82, 2.24) is 9.55 Å². The van der Waals surface area contributed by atoms with E-state index in [1.54, 1.807) is 12.4 Å². The normalized spacial score (nSPS) is 19.2. The fourth-order valence-electron chi connectivity index (χ4n) is 1.41. The van der Waals surface area contributed by atoms with Crippen molar-refractivity contribution < 1.29 is 9.53 Å². The van der Waals surface area contributed by atoms with Crippen molar-refractivity contribution in [3.63, 3.8) is 0 Å². The van der Waals surface area contributed by atoms with Gasteiger partial charge < -0.3 is 4.74 Å². The van der Waals surface area contributed by atoms with Gasteiger partial charge in [-0.1, -0.05) is 0 Å². The lowest BCUT2D eigenvalue weighted by Crippen LogP contribution is -2.39. The molecule has 1 saturated carbocycles. The molecule has 0 saturated heterocycles. The van der Waals surface area contributed by atoms with Gasteiger partial charge >= 0.3 is 6.09 Å². The third kappa shape index (κ3) is 1.56. The first kappa shape index (κ1) is 8.29. The maximum atomic E-state index is 11.4. The number of aromatic nitrogens is 2. The number of carbonyl (C=O) groups excluding carboxylic acids is 1. The van der Waals surface area contributed by atoms with E-state index in [9.17, 15) is 4.79 Å². The number of nitrogens with zero attached hydrogens (tertiary/aromatic N) is 2. The monoisotopic (exact) mass is 180 g/mol. The molecule has 0 bridgehead atoms. The summed E-state index contributed by atoms with van der Waals surface area (Å²) in [5, 5.41) is 0. The highest BCUT2D eigenvalue weighted by Gasteiger charge is 2.36. The van der Waals surface area contributed by atoms with Gasteiger partial charge in [0.1, 0.15) is 11.9 Å². The summed E-state index contributed by atoms with van der Waals surface area (Å²) in [4.78, 5) is 15.2. The van der Waals surface area contributed by atoms with Crippen LogP contribution in [0.5, 0.6) is 0 Å². The highest BCUT2D eigenvalue weighted by atomic mass is 16.6. The molecule has 1 aromatic rings. The van der Waals surface area contributed by atoms with E-state index in [0.717, 1.165) is 19.3 Å². The second-order valence-electron chi connectivity index (χ2n) is 3.64. The average molecular weight is 180 g/mol. The molecular weight excluding hydrogens is 168 g/mol. The molecule has 0 N–H and O–H groups in total. The van der Waals surface area contributed by atoms with E-state index in [1.165, 1.54) is 10.9 Å². The van der Waals surface area contributed by atoms with Crippen molar-refractivity contribution in [2.75, 3.05) is 0 Å². The minimum atomic E-state index is -0.334. The first-order chi connectivity index (χ1) is 6.20. The highest BCUT2D eigenvalue weighted by molar-refractivity contribution is 5.70. The molecule has 0 spiro atoms. The molecule has 0 unspecified atom stereocenters. The predicted octanol–water partition coefficient (Wildman–Crippen LogP) is 1.81. The quantitative estimate of drug-likeness (QED) is 0.662. The second-order valence-corrected chi connectivity index (χ2v) is 3.64. The van der Waals surface area contributed by atoms with Crippen molar-refractivity contribution in [2.24, 2.45) is 0 Å². The van der Waals surface area contributed by atoms with Crippen molar-refractivity contribution in [3.8, 4) is 0 Å². The Balaban J connectivity index is 1.99. The Morgan fingerprint density at radius 3 is 2.85 bits per heavy atom. The summed E-state index contributed by atoms with van der Waals surface area (Å²) in [6.07, 6.45) is 7.34. The lowest BCUT2D eigenvalue weighted by molar-refractivity contribution is -0.0316. The first-order valence-electron chi connectivity index (χ1n) is 4.41. The summed E-state index contributed by atoms with van der Waals surface area (Å²) in [7, 11) is 0. The summed E-state index contributed by atoms with van der Waals surface area (Å²) in [6, 6.07) is 0. The highest BCUT2D eigenvalue weighted by Crippen LogP contribution is 2.35. The Morgan fingerprint density at radius 2 is 2.38 bits per heavy atom. The van der Waals surface area contributed by atoms with Crippen LogP contribution >= 0.6 is 0 Å². The van der Waals surface area contributed by atoms with Crippen LogP contribution in [0.1, 0.15) is 26.2 Å². The summed E-state index contributed by atoms with van der Waals surface area (Å²) in [5.74, 6) is 0. The molecule has 0 radical (unpaired) electrons. The molecule has 1 fully saturated rings. The molecule has 0 amide bonds. The third-order valence-electron chi connectivity index (χ3n) is 2.46. The molecule has 1 heterocycles. The van der Waals surface area contributed by atoms with E-state index in [1.807, 2.05) is 6.92 Å². The largest absolute Gasteiger partial charge is 0.443 e. The van der Waals surface area contributed by atoms with Gasteiger partial charge in [-0.25, -0.2) is 14.3 Å². The van der Waals surface area contributed by atoms with Crippen LogP contribution in [0.25, 0.3) is 0 Å². The van der Waals surface area contributed by atoms with E-state index in [-0.39, 0.29) is 11.7 Å². The Labute approximate surface area is 76.5 Å². The van der Waals surface area contributed by atoms with Crippen LogP contribution in [0, 0.1) is 0 Å². The lowest BCUT2D eigenvalue weighted by Gasteiger charge is -2.37. The van der Waals surface area contributed by atoms with Crippen molar-refractivity contribution in [2.45, 2.75) is 31.8 Å². The Kier molecular flexibility index (Phi) is 1.83. The molecule has 1 aliphatic rings. The Hall–Kier alpha value is -1.32. The summed E-state index contributed by atoms with van der Waals surface area (Å²) in [5.41, 5.74) is -0.235. The minimum Gasteiger partial charge on any atom is -0.443 e. The van der Waals surface area contributed by atoms with E-state index < -0.39 is 0 Å². The summed E-state index contributed by atoms with van der Waals surface area (Å²) >= 11 is 0. The zero-order valence-corrected chi connectivity index (χ0v) is 7.56. The summed E-state index contributed by atoms with van der Waals surface area (Å²) in [6.45, 7) is 1.96. The van der Waals surface area contributed by atoms with Gasteiger partial charge in [0, 0.05) is 12.4 Å². The third-order valence-corrected chi connectivity index (χ3v) is 2.46. The van der Waals surface area contributed by atoms with Gasteiger partial charge in [-0.3, -0.25) is 0 Å². The first-order valence-corrected chi connectivity index (χ1v) is 4.41. The fraction of sp³-hybridized carbons (Fsp3) is 0.556. The SMILES string of the molecule is CC1(OC(=O)n2ccnc2)CCC1. The van der Waals surface area contributed by atoms with Crippen LogP contribution in [-0.4, -0.2) is 21.2 Å². The van der Waals surface area contributed by atoms with Crippen LogP contribution in [-0.2, 0) is 4.74 Å². The van der Waals surface area contributed by atoms with Gasteiger partial charge in [-0.2, -0.15) is 0 Å². The molecule has 0 aliphatic heterocycles. The van der Waals surface area contributed by atoms with Crippen LogP contribution in [0.4, 0.5) is 4.79 Å². The van der Waals surface area contributed by atoms with E-state index >= 15 is 0 Å². The molecule has 0 atom stereocenters. The zero-order chi connectivity index (χ0) is 9.31. The van der Waals surface area contributed by atoms with Crippen molar-refractivity contribution >= 4 is 6.09 Å². The number of hydrogen-bond acceptors (Lipinski definition) is 3. The molecular formula is C9H12N2O2. The van der Waals surface area contributed by atoms with Gasteiger partial charge in [0.05, 0.1) is 0 Å². The number of hydrogen-bond donors (Lipinski definition) is 0. The number of ether oxygens (including phenoxy) is 1. The maximum Gasteiger partial charge on any atom is 0.419 e. The second kappa shape index (κ2) is 2.87. The molecule has 0 aromatic carbocycles. The lowest BCUT2D eigenvalue weighted by atomic mass is 9.82. The molecule has 2 rings (SSSR count). The number of imidazole rings is 1.